The van der Waals surface area contributed by atoms with Gasteiger partial charge in [-0.25, -0.2) is 4.79 Å². The maximum absolute atomic E-state index is 11.9. The number of hydrogen-bond donors (Lipinski definition) is 2. The predicted octanol–water partition coefficient (Wildman–Crippen LogP) is 1.33. The van der Waals surface area contributed by atoms with E-state index < -0.39 is 11.4 Å². The Morgan fingerprint density at radius 1 is 1.58 bits per heavy atom. The molecule has 0 radical (unpaired) electrons. The van der Waals surface area contributed by atoms with E-state index in [-0.39, 0.29) is 12.6 Å². The van der Waals surface area contributed by atoms with Gasteiger partial charge in [-0.15, -0.1) is 0 Å². The van der Waals surface area contributed by atoms with E-state index in [1.54, 1.807) is 24.2 Å². The third kappa shape index (κ3) is 3.07. The molecule has 1 aliphatic rings. The second-order valence-electron chi connectivity index (χ2n) is 5.10. The Morgan fingerprint density at radius 3 is 2.95 bits per heavy atom. The van der Waals surface area contributed by atoms with E-state index in [2.05, 4.69) is 5.32 Å². The molecule has 1 unspecified atom stereocenters. The van der Waals surface area contributed by atoms with Crippen LogP contribution in [0.3, 0.4) is 0 Å². The summed E-state index contributed by atoms with van der Waals surface area (Å²) in [5, 5.41) is 11.9. The van der Waals surface area contributed by atoms with E-state index in [4.69, 9.17) is 9.52 Å². The number of likely N-dealkylation sites (tertiary alicyclic amines) is 1. The van der Waals surface area contributed by atoms with Crippen molar-refractivity contribution in [1.82, 2.24) is 10.2 Å². The minimum Gasteiger partial charge on any atom is -0.481 e. The second kappa shape index (κ2) is 5.34. The SMILES string of the molecule is CC1(C(=O)O)CCN(C(=O)NCCc2ccco2)C1. The molecule has 6 heteroatoms. The number of amides is 2. The van der Waals surface area contributed by atoms with Crippen molar-refractivity contribution in [3.63, 3.8) is 0 Å². The number of rotatable bonds is 4. The number of carbonyl (C=O) groups excluding carboxylic acids is 1. The molecule has 1 fully saturated rings. The van der Waals surface area contributed by atoms with Crippen LogP contribution in [-0.4, -0.2) is 41.6 Å². The molecule has 0 saturated carbocycles. The summed E-state index contributed by atoms with van der Waals surface area (Å²) in [6, 6.07) is 3.44. The number of aliphatic carboxylic acids is 1. The molecule has 19 heavy (non-hydrogen) atoms. The molecule has 0 aromatic carbocycles. The third-order valence-electron chi connectivity index (χ3n) is 3.50. The highest BCUT2D eigenvalue weighted by Crippen LogP contribution is 2.29. The highest BCUT2D eigenvalue weighted by atomic mass is 16.4. The van der Waals surface area contributed by atoms with E-state index in [9.17, 15) is 9.59 Å². The van der Waals surface area contributed by atoms with Crippen LogP contribution in [0.25, 0.3) is 0 Å². The molecule has 1 aromatic heterocycles. The van der Waals surface area contributed by atoms with E-state index in [0.717, 1.165) is 5.76 Å². The molecular weight excluding hydrogens is 248 g/mol. The summed E-state index contributed by atoms with van der Waals surface area (Å²) in [6.45, 7) is 2.89. The zero-order valence-corrected chi connectivity index (χ0v) is 10.9. The highest BCUT2D eigenvalue weighted by Gasteiger charge is 2.42. The first-order valence-electron chi connectivity index (χ1n) is 6.30. The van der Waals surface area contributed by atoms with Gasteiger partial charge in [0.15, 0.2) is 0 Å². The van der Waals surface area contributed by atoms with E-state index >= 15 is 0 Å². The van der Waals surface area contributed by atoms with Crippen LogP contribution in [0, 0.1) is 5.41 Å². The Hall–Kier alpha value is -1.98. The quantitative estimate of drug-likeness (QED) is 0.861. The van der Waals surface area contributed by atoms with Crippen LogP contribution < -0.4 is 5.32 Å². The first kappa shape index (κ1) is 13.5. The van der Waals surface area contributed by atoms with Gasteiger partial charge in [0.05, 0.1) is 11.7 Å². The Bertz CT molecular complexity index is 457. The van der Waals surface area contributed by atoms with E-state index in [1.165, 1.54) is 0 Å². The Morgan fingerprint density at radius 2 is 2.37 bits per heavy atom. The molecule has 1 atom stereocenters. The summed E-state index contributed by atoms with van der Waals surface area (Å²) < 4.78 is 5.16. The second-order valence-corrected chi connectivity index (χ2v) is 5.10. The standard InChI is InChI=1S/C13H18N2O4/c1-13(11(16)17)5-7-15(9-13)12(18)14-6-4-10-3-2-8-19-10/h2-3,8H,4-7,9H2,1H3,(H,14,18)(H,16,17). The largest absolute Gasteiger partial charge is 0.481 e. The van der Waals surface area contributed by atoms with Crippen molar-refractivity contribution in [3.8, 4) is 0 Å². The van der Waals surface area contributed by atoms with Crippen LogP contribution >= 0.6 is 0 Å². The van der Waals surface area contributed by atoms with Crippen LogP contribution in [0.1, 0.15) is 19.1 Å². The summed E-state index contributed by atoms with van der Waals surface area (Å²) in [5.74, 6) is -0.0320. The van der Waals surface area contributed by atoms with E-state index in [0.29, 0.717) is 25.9 Å². The molecule has 2 amide bonds. The van der Waals surface area contributed by atoms with Gasteiger partial charge in [0.1, 0.15) is 5.76 Å². The van der Waals surface area contributed by atoms with Crippen molar-refractivity contribution in [1.29, 1.82) is 0 Å². The van der Waals surface area contributed by atoms with Crippen molar-refractivity contribution < 1.29 is 19.1 Å². The fourth-order valence-corrected chi connectivity index (χ4v) is 2.17. The maximum Gasteiger partial charge on any atom is 0.317 e. The summed E-state index contributed by atoms with van der Waals surface area (Å²) in [5.41, 5.74) is -0.821. The van der Waals surface area contributed by atoms with Gasteiger partial charge < -0.3 is 19.7 Å². The molecule has 104 valence electrons. The van der Waals surface area contributed by atoms with Gasteiger partial charge in [-0.2, -0.15) is 0 Å². The Kier molecular flexibility index (Phi) is 3.78. The lowest BCUT2D eigenvalue weighted by Crippen LogP contribution is -2.41. The van der Waals surface area contributed by atoms with Gasteiger partial charge in [-0.1, -0.05) is 0 Å². The number of nitrogens with one attached hydrogen (secondary N) is 1. The normalized spacial score (nSPS) is 22.5. The molecule has 1 aromatic rings. The van der Waals surface area contributed by atoms with Gasteiger partial charge in [-0.05, 0) is 25.5 Å². The van der Waals surface area contributed by atoms with Crippen molar-refractivity contribution >= 4 is 12.0 Å². The van der Waals surface area contributed by atoms with Gasteiger partial charge in [0, 0.05) is 26.1 Å². The van der Waals surface area contributed by atoms with Gasteiger partial charge in [0.2, 0.25) is 0 Å². The number of carboxylic acid groups (broad SMARTS) is 1. The summed E-state index contributed by atoms with van der Waals surface area (Å²) >= 11 is 0. The van der Waals surface area contributed by atoms with Crippen LogP contribution in [-0.2, 0) is 11.2 Å². The molecule has 0 spiro atoms. The van der Waals surface area contributed by atoms with Gasteiger partial charge in [0.25, 0.3) is 0 Å². The number of urea groups is 1. The third-order valence-corrected chi connectivity index (χ3v) is 3.50. The zero-order chi connectivity index (χ0) is 13.9. The number of carboxylic acids is 1. The smallest absolute Gasteiger partial charge is 0.317 e. The summed E-state index contributed by atoms with van der Waals surface area (Å²) in [4.78, 5) is 24.5. The van der Waals surface area contributed by atoms with Crippen molar-refractivity contribution in [2.24, 2.45) is 5.41 Å². The molecule has 6 nitrogen and oxygen atoms in total. The Labute approximate surface area is 111 Å². The molecule has 0 bridgehead atoms. The minimum absolute atomic E-state index is 0.212. The highest BCUT2D eigenvalue weighted by molar-refractivity contribution is 5.79. The predicted molar refractivity (Wildman–Crippen MR) is 67.7 cm³/mol. The topological polar surface area (TPSA) is 82.8 Å². The number of nitrogens with zero attached hydrogens (tertiary/aromatic N) is 1. The van der Waals surface area contributed by atoms with Crippen LogP contribution in [0.2, 0.25) is 0 Å². The lowest BCUT2D eigenvalue weighted by Gasteiger charge is -2.20. The van der Waals surface area contributed by atoms with Crippen LogP contribution in [0.5, 0.6) is 0 Å². The fraction of sp³-hybridized carbons (Fsp3) is 0.538. The average molecular weight is 266 g/mol. The zero-order valence-electron chi connectivity index (χ0n) is 10.9. The maximum atomic E-state index is 11.9. The van der Waals surface area contributed by atoms with Crippen LogP contribution in [0.15, 0.2) is 22.8 Å². The minimum atomic E-state index is -0.849. The summed E-state index contributed by atoms with van der Waals surface area (Å²) in [6.07, 6.45) is 2.71. The average Bonchev–Trinajstić information content (AvgIpc) is 2.99. The monoisotopic (exact) mass is 266 g/mol. The lowest BCUT2D eigenvalue weighted by atomic mass is 9.90. The fourth-order valence-electron chi connectivity index (χ4n) is 2.17. The Balaban J connectivity index is 1.77. The number of carbonyl (C=O) groups is 2. The lowest BCUT2D eigenvalue weighted by molar-refractivity contribution is -0.146. The first-order chi connectivity index (χ1) is 9.01. The van der Waals surface area contributed by atoms with Crippen molar-refractivity contribution in [2.75, 3.05) is 19.6 Å². The summed E-state index contributed by atoms with van der Waals surface area (Å²) in [7, 11) is 0. The number of hydrogen-bond acceptors (Lipinski definition) is 3. The molecule has 2 heterocycles. The van der Waals surface area contributed by atoms with Gasteiger partial charge >= 0.3 is 12.0 Å². The van der Waals surface area contributed by atoms with Crippen molar-refractivity contribution in [3.05, 3.63) is 24.2 Å². The van der Waals surface area contributed by atoms with Crippen LogP contribution in [0.4, 0.5) is 4.79 Å². The molecular formula is C13H18N2O4. The van der Waals surface area contributed by atoms with E-state index in [1.807, 2.05) is 6.07 Å². The molecule has 0 aliphatic carbocycles. The van der Waals surface area contributed by atoms with Crippen molar-refractivity contribution in [2.45, 2.75) is 19.8 Å². The molecule has 1 saturated heterocycles. The first-order valence-corrected chi connectivity index (χ1v) is 6.30. The molecule has 1 aliphatic heterocycles. The van der Waals surface area contributed by atoms with Gasteiger partial charge in [-0.3, -0.25) is 4.79 Å². The number of furan rings is 1. The molecule has 2 N–H and O–H groups in total. The molecule has 2 rings (SSSR count).